The van der Waals surface area contributed by atoms with Gasteiger partial charge >= 0.3 is 6.18 Å². The SMILES string of the molecule is CC(NC(=O)CC(C)C(F)(F)F)C(=O)C1N=C(c2ccccc2)c2ccccc2N(C)[C@@H]1N. The average molecular weight is 461 g/mol. The van der Waals surface area contributed by atoms with Crippen LogP contribution in [0.25, 0.3) is 0 Å². The molecule has 2 aromatic carbocycles. The number of ketones is 1. The van der Waals surface area contributed by atoms with Crippen LogP contribution in [0.5, 0.6) is 0 Å². The number of fused-ring (bicyclic) bond motifs is 1. The van der Waals surface area contributed by atoms with Crippen LogP contribution in [0, 0.1) is 5.92 Å². The lowest BCUT2D eigenvalue weighted by Gasteiger charge is -2.30. The average Bonchev–Trinajstić information content (AvgIpc) is 2.88. The summed E-state index contributed by atoms with van der Waals surface area (Å²) in [6.45, 7) is 2.36. The van der Waals surface area contributed by atoms with E-state index in [4.69, 9.17) is 10.7 Å². The fourth-order valence-corrected chi connectivity index (χ4v) is 3.72. The molecule has 0 saturated heterocycles. The molecule has 9 heteroatoms. The van der Waals surface area contributed by atoms with E-state index in [9.17, 15) is 22.8 Å². The number of rotatable bonds is 6. The summed E-state index contributed by atoms with van der Waals surface area (Å²) in [6, 6.07) is 14.7. The Hall–Kier alpha value is -3.20. The predicted octanol–water partition coefficient (Wildman–Crippen LogP) is 3.29. The molecule has 6 nitrogen and oxygen atoms in total. The molecule has 1 aliphatic rings. The molecular formula is C24H27F3N4O2. The molecule has 0 aliphatic carbocycles. The Labute approximate surface area is 190 Å². The number of halogens is 3. The number of benzodiazepines with no additional fused rings is 1. The Morgan fingerprint density at radius 2 is 1.70 bits per heavy atom. The Morgan fingerprint density at radius 3 is 2.33 bits per heavy atom. The third kappa shape index (κ3) is 5.42. The molecule has 0 bridgehead atoms. The summed E-state index contributed by atoms with van der Waals surface area (Å²) in [4.78, 5) is 31.9. The summed E-state index contributed by atoms with van der Waals surface area (Å²) >= 11 is 0. The van der Waals surface area contributed by atoms with E-state index < -0.39 is 48.5 Å². The van der Waals surface area contributed by atoms with E-state index in [2.05, 4.69) is 5.32 Å². The highest BCUT2D eigenvalue weighted by molar-refractivity contribution is 6.17. The number of aliphatic imine (C=N–C) groups is 1. The number of para-hydroxylation sites is 1. The fraction of sp³-hybridized carbons (Fsp3) is 0.375. The van der Waals surface area contributed by atoms with Gasteiger partial charge in [0.15, 0.2) is 5.78 Å². The van der Waals surface area contributed by atoms with Gasteiger partial charge in [0.1, 0.15) is 12.2 Å². The van der Waals surface area contributed by atoms with Gasteiger partial charge in [-0.2, -0.15) is 13.2 Å². The molecule has 0 aromatic heterocycles. The van der Waals surface area contributed by atoms with Gasteiger partial charge in [-0.1, -0.05) is 55.5 Å². The topological polar surface area (TPSA) is 87.8 Å². The van der Waals surface area contributed by atoms with Crippen molar-refractivity contribution in [2.45, 2.75) is 44.7 Å². The monoisotopic (exact) mass is 460 g/mol. The minimum absolute atomic E-state index is 0.483. The number of anilines is 1. The molecule has 0 radical (unpaired) electrons. The second kappa shape index (κ2) is 9.74. The number of likely N-dealkylation sites (N-methyl/N-ethyl adjacent to an activating group) is 1. The van der Waals surface area contributed by atoms with Crippen LogP contribution in [0.2, 0.25) is 0 Å². The van der Waals surface area contributed by atoms with Crippen molar-refractivity contribution in [2.24, 2.45) is 16.6 Å². The van der Waals surface area contributed by atoms with Crippen LogP contribution in [0.4, 0.5) is 18.9 Å². The highest BCUT2D eigenvalue weighted by atomic mass is 19.4. The number of carbonyl (C=O) groups excluding carboxylic acids is 2. The Bertz CT molecular complexity index is 1040. The van der Waals surface area contributed by atoms with Crippen molar-refractivity contribution in [3.05, 3.63) is 65.7 Å². The molecule has 0 saturated carbocycles. The summed E-state index contributed by atoms with van der Waals surface area (Å²) in [5, 5.41) is 2.38. The number of nitrogens with zero attached hydrogens (tertiary/aromatic N) is 2. The Morgan fingerprint density at radius 1 is 1.09 bits per heavy atom. The van der Waals surface area contributed by atoms with Gasteiger partial charge in [-0.05, 0) is 13.0 Å². The molecule has 3 N–H and O–H groups in total. The van der Waals surface area contributed by atoms with Gasteiger partial charge in [-0.25, -0.2) is 0 Å². The van der Waals surface area contributed by atoms with Crippen molar-refractivity contribution in [3.63, 3.8) is 0 Å². The van der Waals surface area contributed by atoms with E-state index in [1.54, 1.807) is 11.9 Å². The maximum absolute atomic E-state index is 13.3. The highest BCUT2D eigenvalue weighted by Gasteiger charge is 2.39. The van der Waals surface area contributed by atoms with Crippen LogP contribution in [0.3, 0.4) is 0 Å². The smallest absolute Gasteiger partial charge is 0.356 e. The third-order valence-electron chi connectivity index (χ3n) is 5.77. The molecule has 176 valence electrons. The Kier molecular flexibility index (Phi) is 7.22. The van der Waals surface area contributed by atoms with Gasteiger partial charge in [0.05, 0.1) is 17.7 Å². The van der Waals surface area contributed by atoms with E-state index in [0.29, 0.717) is 5.71 Å². The van der Waals surface area contributed by atoms with Crippen LogP contribution in [-0.2, 0) is 9.59 Å². The van der Waals surface area contributed by atoms with Crippen LogP contribution in [-0.4, -0.2) is 48.9 Å². The molecule has 4 atom stereocenters. The van der Waals surface area contributed by atoms with Crippen LogP contribution < -0.4 is 16.0 Å². The lowest BCUT2D eigenvalue weighted by Crippen LogP contribution is -2.55. The molecule has 2 aromatic rings. The highest BCUT2D eigenvalue weighted by Crippen LogP contribution is 2.30. The van der Waals surface area contributed by atoms with Crippen molar-refractivity contribution in [3.8, 4) is 0 Å². The van der Waals surface area contributed by atoms with Crippen molar-refractivity contribution in [1.29, 1.82) is 0 Å². The molecule has 1 aliphatic heterocycles. The molecule has 1 heterocycles. The second-order valence-electron chi connectivity index (χ2n) is 8.25. The molecule has 1 amide bonds. The van der Waals surface area contributed by atoms with Crippen LogP contribution in [0.15, 0.2) is 59.6 Å². The van der Waals surface area contributed by atoms with Gasteiger partial charge in [0.25, 0.3) is 0 Å². The maximum Gasteiger partial charge on any atom is 0.392 e. The number of nitrogens with one attached hydrogen (secondary N) is 1. The summed E-state index contributed by atoms with van der Waals surface area (Å²) in [5.74, 6) is -3.15. The van der Waals surface area contributed by atoms with E-state index in [0.717, 1.165) is 23.7 Å². The van der Waals surface area contributed by atoms with Crippen LogP contribution >= 0.6 is 0 Å². The number of hydrogen-bond acceptors (Lipinski definition) is 5. The van der Waals surface area contributed by atoms with E-state index in [-0.39, 0.29) is 0 Å². The lowest BCUT2D eigenvalue weighted by atomic mass is 10.00. The summed E-state index contributed by atoms with van der Waals surface area (Å²) < 4.78 is 38.3. The largest absolute Gasteiger partial charge is 0.392 e. The molecule has 3 rings (SSSR count). The first kappa shape index (κ1) is 24.4. The zero-order valence-corrected chi connectivity index (χ0v) is 18.6. The number of Topliss-reactive ketones (excluding diaryl/α,β-unsaturated/α-hetero) is 1. The summed E-state index contributed by atoms with van der Waals surface area (Å²) in [6.07, 6.45) is -6.09. The van der Waals surface area contributed by atoms with Gasteiger partial charge in [-0.3, -0.25) is 14.6 Å². The van der Waals surface area contributed by atoms with Crippen molar-refractivity contribution in [1.82, 2.24) is 5.32 Å². The normalized spacial score (nSPS) is 20.2. The van der Waals surface area contributed by atoms with Gasteiger partial charge in [-0.15, -0.1) is 0 Å². The first-order valence-electron chi connectivity index (χ1n) is 10.6. The van der Waals surface area contributed by atoms with Gasteiger partial charge in [0.2, 0.25) is 5.91 Å². The number of hydrogen-bond donors (Lipinski definition) is 2. The van der Waals surface area contributed by atoms with Crippen LogP contribution in [0.1, 0.15) is 31.4 Å². The molecule has 33 heavy (non-hydrogen) atoms. The van der Waals surface area contributed by atoms with Gasteiger partial charge in [0, 0.05) is 30.3 Å². The fourth-order valence-electron chi connectivity index (χ4n) is 3.72. The quantitative estimate of drug-likeness (QED) is 0.693. The first-order valence-corrected chi connectivity index (χ1v) is 10.6. The van der Waals surface area contributed by atoms with E-state index in [1.807, 2.05) is 54.6 Å². The van der Waals surface area contributed by atoms with E-state index >= 15 is 0 Å². The van der Waals surface area contributed by atoms with Gasteiger partial charge < -0.3 is 16.0 Å². The van der Waals surface area contributed by atoms with Crippen molar-refractivity contribution in [2.75, 3.05) is 11.9 Å². The number of nitrogens with two attached hydrogens (primary N) is 1. The molecule has 0 fully saturated rings. The zero-order chi connectivity index (χ0) is 24.3. The summed E-state index contributed by atoms with van der Waals surface area (Å²) in [7, 11) is 1.75. The molecular weight excluding hydrogens is 433 g/mol. The van der Waals surface area contributed by atoms with Crippen molar-refractivity contribution >= 4 is 23.1 Å². The maximum atomic E-state index is 13.3. The number of amides is 1. The zero-order valence-electron chi connectivity index (χ0n) is 18.6. The predicted molar refractivity (Wildman–Crippen MR) is 121 cm³/mol. The molecule has 0 spiro atoms. The number of alkyl halides is 3. The first-order chi connectivity index (χ1) is 15.5. The standard InChI is InChI=1S/C24H27F3N4O2/c1-14(24(25,26)27)13-19(32)29-15(2)22(33)21-23(28)31(3)18-12-8-7-11-17(18)20(30-21)16-9-5-4-6-10-16/h4-12,14-15,21,23H,13,28H2,1-3H3,(H,29,32)/t14?,15?,21?,23-/m0/s1. The lowest BCUT2D eigenvalue weighted by molar-refractivity contribution is -0.174. The second-order valence-corrected chi connectivity index (χ2v) is 8.25. The van der Waals surface area contributed by atoms with E-state index in [1.165, 1.54) is 6.92 Å². The third-order valence-corrected chi connectivity index (χ3v) is 5.77. The number of benzene rings is 2. The molecule has 3 unspecified atom stereocenters. The Balaban J connectivity index is 1.91. The minimum Gasteiger partial charge on any atom is -0.356 e. The van der Waals surface area contributed by atoms with Crippen molar-refractivity contribution < 1.29 is 22.8 Å². The summed E-state index contributed by atoms with van der Waals surface area (Å²) in [5.41, 5.74) is 9.38. The minimum atomic E-state index is -4.49. The number of carbonyl (C=O) groups is 2.